The number of carbonyl (C=O) groups excluding carboxylic acids is 3. The van der Waals surface area contributed by atoms with Gasteiger partial charge in [-0.3, -0.25) is 14.4 Å². The van der Waals surface area contributed by atoms with E-state index < -0.39 is 36.0 Å². The molecule has 3 atom stereocenters. The van der Waals surface area contributed by atoms with E-state index in [1.807, 2.05) is 44.2 Å². The van der Waals surface area contributed by atoms with E-state index in [1.54, 1.807) is 18.2 Å². The molecule has 2 aromatic carbocycles. The van der Waals surface area contributed by atoms with E-state index in [1.165, 1.54) is 18.9 Å². The van der Waals surface area contributed by atoms with Crippen molar-refractivity contribution in [1.82, 2.24) is 10.2 Å². The monoisotopic (exact) mass is 527 g/mol. The molecule has 1 heterocycles. The molecule has 0 saturated carbocycles. The number of benzene rings is 2. The number of esters is 1. The van der Waals surface area contributed by atoms with Crippen molar-refractivity contribution >= 4 is 29.4 Å². The first-order valence-corrected chi connectivity index (χ1v) is 12.4. The van der Waals surface area contributed by atoms with E-state index in [4.69, 9.17) is 25.1 Å². The highest BCUT2D eigenvalue weighted by atomic mass is 16.5. The van der Waals surface area contributed by atoms with Gasteiger partial charge in [-0.25, -0.2) is 4.79 Å². The summed E-state index contributed by atoms with van der Waals surface area (Å²) in [4.78, 5) is 49.6. The second kappa shape index (κ2) is 14.0. The molecule has 0 radical (unpaired) electrons. The van der Waals surface area contributed by atoms with Crippen molar-refractivity contribution in [3.63, 3.8) is 0 Å². The third-order valence-electron chi connectivity index (χ3n) is 5.91. The van der Waals surface area contributed by atoms with Crippen LogP contribution in [0.3, 0.4) is 0 Å². The maximum absolute atomic E-state index is 13.7. The number of carboxylic acid groups (broad SMARTS) is 1. The maximum Gasteiger partial charge on any atom is 0.328 e. The Morgan fingerprint density at radius 3 is 2.32 bits per heavy atom. The number of nitrogens with one attached hydrogen (secondary N) is 1. The van der Waals surface area contributed by atoms with E-state index in [0.29, 0.717) is 17.9 Å². The highest BCUT2D eigenvalue weighted by Gasteiger charge is 2.40. The van der Waals surface area contributed by atoms with Crippen LogP contribution in [0.25, 0.3) is 0 Å². The molecule has 0 aliphatic carbocycles. The summed E-state index contributed by atoms with van der Waals surface area (Å²) in [5, 5.41) is 10.3. The molecule has 0 fully saturated rings. The summed E-state index contributed by atoms with van der Waals surface area (Å²) >= 11 is 0. The molecule has 0 spiro atoms. The molecule has 1 unspecified atom stereocenters. The van der Waals surface area contributed by atoms with Crippen molar-refractivity contribution in [1.29, 1.82) is 0 Å². The van der Waals surface area contributed by atoms with E-state index >= 15 is 0 Å². The fourth-order valence-electron chi connectivity index (χ4n) is 4.35. The van der Waals surface area contributed by atoms with Crippen molar-refractivity contribution in [2.24, 2.45) is 5.92 Å². The Hall–Kier alpha value is -4.08. The van der Waals surface area contributed by atoms with Crippen LogP contribution in [-0.4, -0.2) is 59.6 Å². The highest BCUT2D eigenvalue weighted by Crippen LogP contribution is 2.38. The van der Waals surface area contributed by atoms with Gasteiger partial charge in [0.1, 0.15) is 24.4 Å². The number of carboxylic acids is 1. The molecule has 2 amide bonds. The highest BCUT2D eigenvalue weighted by molar-refractivity contribution is 5.91. The molecule has 2 aromatic rings. The fraction of sp³-hybridized carbons (Fsp3) is 0.429. The number of amides is 2. The van der Waals surface area contributed by atoms with Crippen LogP contribution >= 0.6 is 0 Å². The molecule has 38 heavy (non-hydrogen) atoms. The second-order valence-electron chi connectivity index (χ2n) is 9.49. The predicted molar refractivity (Wildman–Crippen MR) is 142 cm³/mol. The molecule has 1 aliphatic heterocycles. The molecule has 0 aromatic heterocycles. The van der Waals surface area contributed by atoms with Crippen LogP contribution in [0, 0.1) is 5.92 Å². The van der Waals surface area contributed by atoms with Crippen LogP contribution in [0.2, 0.25) is 0 Å². The Morgan fingerprint density at radius 2 is 1.76 bits per heavy atom. The zero-order valence-electron chi connectivity index (χ0n) is 22.5. The average molecular weight is 528 g/mol. The number of carbonyl (C=O) groups is 4. The topological polar surface area (TPSA) is 148 Å². The number of methoxy groups -OCH3 is 1. The SMILES string of the molecule is CC(=O)O.COC(=O)[C@H](CC(C)C)NC(=O)[C@H](Cc1ccccc1)N(C(C)=O)C1COc2ccc(N)cc21. The van der Waals surface area contributed by atoms with Crippen LogP contribution in [0.4, 0.5) is 5.69 Å². The first kappa shape index (κ1) is 30.1. The summed E-state index contributed by atoms with van der Waals surface area (Å²) in [6.45, 7) is 6.65. The Labute approximate surface area is 223 Å². The van der Waals surface area contributed by atoms with Crippen LogP contribution in [0.15, 0.2) is 48.5 Å². The van der Waals surface area contributed by atoms with Gasteiger partial charge in [0, 0.05) is 31.5 Å². The van der Waals surface area contributed by atoms with E-state index in [9.17, 15) is 14.4 Å². The Kier molecular flexibility index (Phi) is 11.1. The lowest BCUT2D eigenvalue weighted by Crippen LogP contribution is -2.55. The van der Waals surface area contributed by atoms with Gasteiger partial charge in [-0.2, -0.15) is 0 Å². The molecular formula is C28H37N3O7. The normalized spacial score (nSPS) is 15.2. The van der Waals surface area contributed by atoms with Gasteiger partial charge in [0.05, 0.1) is 13.2 Å². The van der Waals surface area contributed by atoms with Crippen molar-refractivity contribution in [2.45, 2.75) is 58.7 Å². The lowest BCUT2D eigenvalue weighted by molar-refractivity contribution is -0.148. The Morgan fingerprint density at radius 1 is 1.13 bits per heavy atom. The molecule has 0 bridgehead atoms. The lowest BCUT2D eigenvalue weighted by atomic mass is 9.97. The summed E-state index contributed by atoms with van der Waals surface area (Å²) in [5.74, 6) is -1.27. The van der Waals surface area contributed by atoms with Crippen molar-refractivity contribution < 1.29 is 33.8 Å². The van der Waals surface area contributed by atoms with Crippen molar-refractivity contribution in [2.75, 3.05) is 19.5 Å². The summed E-state index contributed by atoms with van der Waals surface area (Å²) in [6, 6.07) is 12.6. The predicted octanol–water partition coefficient (Wildman–Crippen LogP) is 2.96. The lowest BCUT2D eigenvalue weighted by Gasteiger charge is -2.35. The van der Waals surface area contributed by atoms with Gasteiger partial charge < -0.3 is 30.5 Å². The number of hydrogen-bond acceptors (Lipinski definition) is 7. The zero-order chi connectivity index (χ0) is 28.4. The number of nitrogen functional groups attached to an aromatic ring is 1. The van der Waals surface area contributed by atoms with Crippen molar-refractivity contribution in [3.05, 3.63) is 59.7 Å². The van der Waals surface area contributed by atoms with Gasteiger partial charge in [0.15, 0.2) is 0 Å². The van der Waals surface area contributed by atoms with Gasteiger partial charge in [-0.05, 0) is 36.1 Å². The summed E-state index contributed by atoms with van der Waals surface area (Å²) in [6.07, 6.45) is 0.693. The smallest absolute Gasteiger partial charge is 0.328 e. The van der Waals surface area contributed by atoms with E-state index in [2.05, 4.69) is 5.32 Å². The largest absolute Gasteiger partial charge is 0.491 e. The average Bonchev–Trinajstić information content (AvgIpc) is 3.25. The first-order valence-electron chi connectivity index (χ1n) is 12.4. The van der Waals surface area contributed by atoms with Crippen molar-refractivity contribution in [3.8, 4) is 5.75 Å². The number of aliphatic carboxylic acids is 1. The maximum atomic E-state index is 13.7. The fourth-order valence-corrected chi connectivity index (χ4v) is 4.35. The van der Waals surface area contributed by atoms with Gasteiger partial charge in [0.25, 0.3) is 5.97 Å². The molecule has 3 rings (SSSR count). The van der Waals surface area contributed by atoms with E-state index in [0.717, 1.165) is 18.1 Å². The molecule has 1 aliphatic rings. The number of hydrogen-bond donors (Lipinski definition) is 3. The Bertz CT molecular complexity index is 1120. The summed E-state index contributed by atoms with van der Waals surface area (Å²) < 4.78 is 10.7. The molecule has 4 N–H and O–H groups in total. The molecule has 10 nitrogen and oxygen atoms in total. The number of rotatable bonds is 9. The van der Waals surface area contributed by atoms with Gasteiger partial charge in [-0.1, -0.05) is 44.2 Å². The van der Waals surface area contributed by atoms with Gasteiger partial charge >= 0.3 is 5.97 Å². The minimum atomic E-state index is -0.875. The second-order valence-corrected chi connectivity index (χ2v) is 9.49. The zero-order valence-corrected chi connectivity index (χ0v) is 22.5. The summed E-state index contributed by atoms with van der Waals surface area (Å²) in [5.41, 5.74) is 8.19. The number of ether oxygens (including phenoxy) is 2. The first-order chi connectivity index (χ1) is 17.9. The molecule has 206 valence electrons. The molecular weight excluding hydrogens is 490 g/mol. The minimum Gasteiger partial charge on any atom is -0.491 e. The minimum absolute atomic E-state index is 0.152. The van der Waals surface area contributed by atoms with Gasteiger partial charge in [0.2, 0.25) is 11.8 Å². The molecule has 0 saturated heterocycles. The quantitative estimate of drug-likeness (QED) is 0.333. The van der Waals surface area contributed by atoms with E-state index in [-0.39, 0.29) is 24.9 Å². The third-order valence-corrected chi connectivity index (χ3v) is 5.91. The van der Waals surface area contributed by atoms with Crippen LogP contribution < -0.4 is 15.8 Å². The van der Waals surface area contributed by atoms with Crippen LogP contribution in [0.5, 0.6) is 5.75 Å². The number of anilines is 1. The molecule has 10 heteroatoms. The standard InChI is InChI=1S/C26H33N3O5.C2H4O2/c1-16(2)12-21(26(32)33-4)28-25(31)22(13-18-8-6-5-7-9-18)29(17(3)30)23-15-34-24-11-10-19(27)14-20(23)24;1-2(3)4/h5-11,14,16,21-23H,12-13,15,27H2,1-4H3,(H,28,31);1H3,(H,3,4)/t21-,22-,23?;/m0./s1. The summed E-state index contributed by atoms with van der Waals surface area (Å²) in [7, 11) is 1.29. The van der Waals surface area contributed by atoms with Gasteiger partial charge in [-0.15, -0.1) is 0 Å². The number of nitrogens with zero attached hydrogens (tertiary/aromatic N) is 1. The van der Waals surface area contributed by atoms with Crippen LogP contribution in [-0.2, 0) is 30.3 Å². The van der Waals surface area contributed by atoms with Crippen LogP contribution in [0.1, 0.15) is 51.3 Å². The third kappa shape index (κ3) is 8.50. The Balaban J connectivity index is 0.00000118. The number of nitrogens with two attached hydrogens (primary N) is 1. The number of fused-ring (bicyclic) bond motifs is 1.